The van der Waals surface area contributed by atoms with Crippen LogP contribution >= 0.6 is 46.7 Å². The first-order chi connectivity index (χ1) is 11.7. The average Bonchev–Trinajstić information content (AvgIpc) is 2.62. The number of thioether (sulfide) groups is 2. The molecule has 0 saturated carbocycles. The van der Waals surface area contributed by atoms with Gasteiger partial charge >= 0.3 is 0 Å². The van der Waals surface area contributed by atoms with Gasteiger partial charge in [0.1, 0.15) is 0 Å². The van der Waals surface area contributed by atoms with Crippen molar-refractivity contribution in [3.05, 3.63) is 58.7 Å². The molecule has 124 valence electrons. The summed E-state index contributed by atoms with van der Waals surface area (Å²) in [6.45, 7) is 0. The smallest absolute Gasteiger partial charge is 0.196 e. The van der Waals surface area contributed by atoms with Crippen LogP contribution in [0.15, 0.2) is 46.2 Å². The number of ketones is 2. The van der Waals surface area contributed by atoms with E-state index >= 15 is 0 Å². The van der Waals surface area contributed by atoms with Gasteiger partial charge in [0.2, 0.25) is 0 Å². The van der Waals surface area contributed by atoms with E-state index in [-0.39, 0.29) is 11.6 Å². The molecule has 24 heavy (non-hydrogen) atoms. The van der Waals surface area contributed by atoms with Gasteiger partial charge in [0.05, 0.1) is 0 Å². The Kier molecular flexibility index (Phi) is 5.93. The summed E-state index contributed by atoms with van der Waals surface area (Å²) in [6, 6.07) is 10.8. The number of hydrogen-bond donors (Lipinski definition) is 0. The fourth-order valence-electron chi connectivity index (χ4n) is 2.72. The Balaban J connectivity index is 2.13. The molecular weight excluding hydrogens is 383 g/mol. The summed E-state index contributed by atoms with van der Waals surface area (Å²) >= 11 is 14.6. The largest absolute Gasteiger partial charge is 0.289 e. The fraction of sp³-hybridized carbons (Fsp3) is 0.222. The number of halogens is 2. The van der Waals surface area contributed by atoms with E-state index in [0.29, 0.717) is 45.5 Å². The van der Waals surface area contributed by atoms with Crippen LogP contribution in [0.1, 0.15) is 31.8 Å². The minimum Gasteiger partial charge on any atom is -0.289 e. The lowest BCUT2D eigenvalue weighted by atomic mass is 9.84. The maximum absolute atomic E-state index is 13.2. The summed E-state index contributed by atoms with van der Waals surface area (Å²) in [5, 5.41) is 0. The molecule has 0 atom stereocenters. The van der Waals surface area contributed by atoms with Crippen molar-refractivity contribution in [2.24, 2.45) is 0 Å². The molecule has 0 aliphatic heterocycles. The summed E-state index contributed by atoms with van der Waals surface area (Å²) in [7, 11) is 0. The number of fused-ring (bicyclic) bond motifs is 2. The van der Waals surface area contributed by atoms with Crippen LogP contribution in [0.4, 0.5) is 0 Å². The van der Waals surface area contributed by atoms with Crippen molar-refractivity contribution in [3.8, 4) is 0 Å². The molecule has 0 unspecified atom stereocenters. The highest BCUT2D eigenvalue weighted by atomic mass is 35.5. The quantitative estimate of drug-likeness (QED) is 0.427. The lowest BCUT2D eigenvalue weighted by Gasteiger charge is -2.21. The molecule has 3 rings (SSSR count). The van der Waals surface area contributed by atoms with Crippen molar-refractivity contribution >= 4 is 58.3 Å². The van der Waals surface area contributed by atoms with Gasteiger partial charge < -0.3 is 0 Å². The first kappa shape index (κ1) is 17.9. The minimum absolute atomic E-state index is 0.0880. The van der Waals surface area contributed by atoms with Gasteiger partial charge in [-0.1, -0.05) is 24.3 Å². The van der Waals surface area contributed by atoms with Crippen LogP contribution in [0.2, 0.25) is 0 Å². The molecule has 0 N–H and O–H groups in total. The molecule has 6 heteroatoms. The van der Waals surface area contributed by atoms with E-state index in [9.17, 15) is 9.59 Å². The molecule has 0 fully saturated rings. The van der Waals surface area contributed by atoms with Crippen LogP contribution in [0.3, 0.4) is 0 Å². The Morgan fingerprint density at radius 3 is 1.58 bits per heavy atom. The SMILES string of the molecule is O=C1c2cccc(SCCCl)c2C(=O)c2c(SCCCl)cccc21. The Morgan fingerprint density at radius 1 is 0.708 bits per heavy atom. The van der Waals surface area contributed by atoms with Crippen molar-refractivity contribution in [1.82, 2.24) is 0 Å². The second-order valence-corrected chi connectivity index (χ2v) is 8.12. The fourth-order valence-corrected chi connectivity index (χ4v) is 4.82. The molecule has 1 aliphatic rings. The molecule has 0 spiro atoms. The van der Waals surface area contributed by atoms with Crippen molar-refractivity contribution in [2.75, 3.05) is 23.3 Å². The number of hydrogen-bond acceptors (Lipinski definition) is 4. The van der Waals surface area contributed by atoms with Gasteiger partial charge in [-0.2, -0.15) is 0 Å². The molecule has 0 aromatic heterocycles. The van der Waals surface area contributed by atoms with E-state index in [1.165, 1.54) is 23.5 Å². The van der Waals surface area contributed by atoms with E-state index in [4.69, 9.17) is 23.2 Å². The molecule has 2 nitrogen and oxygen atoms in total. The molecular formula is C18H14Cl2O2S2. The molecule has 0 bridgehead atoms. The number of carbonyl (C=O) groups excluding carboxylic acids is 2. The maximum Gasteiger partial charge on any atom is 0.196 e. The summed E-state index contributed by atoms with van der Waals surface area (Å²) in [4.78, 5) is 27.7. The van der Waals surface area contributed by atoms with Crippen LogP contribution in [0.5, 0.6) is 0 Å². The lowest BCUT2D eigenvalue weighted by Crippen LogP contribution is -2.22. The van der Waals surface area contributed by atoms with Gasteiger partial charge in [-0.05, 0) is 12.1 Å². The monoisotopic (exact) mass is 396 g/mol. The Morgan fingerprint density at radius 2 is 1.17 bits per heavy atom. The number of alkyl halides is 2. The summed E-state index contributed by atoms with van der Waals surface area (Å²) < 4.78 is 0. The number of carbonyl (C=O) groups is 2. The van der Waals surface area contributed by atoms with E-state index in [2.05, 4.69) is 0 Å². The summed E-state index contributed by atoms with van der Waals surface area (Å²) in [5.41, 5.74) is 1.96. The van der Waals surface area contributed by atoms with Crippen molar-refractivity contribution in [3.63, 3.8) is 0 Å². The Labute approximate surface area is 159 Å². The standard InChI is InChI=1S/C18H14Cl2O2S2/c19-7-9-23-13-5-1-3-11-15(13)18(22)16-12(17(11)21)4-2-6-14(16)24-10-8-20/h1-6H,7-10H2. The van der Waals surface area contributed by atoms with E-state index in [1.54, 1.807) is 12.1 Å². The molecule has 0 amide bonds. The first-order valence-electron chi connectivity index (χ1n) is 7.42. The van der Waals surface area contributed by atoms with E-state index in [1.807, 2.05) is 24.3 Å². The molecule has 0 radical (unpaired) electrons. The lowest BCUT2D eigenvalue weighted by molar-refractivity contribution is 0.0974. The minimum atomic E-state index is -0.0961. The molecule has 0 heterocycles. The van der Waals surface area contributed by atoms with Crippen LogP contribution < -0.4 is 0 Å². The zero-order valence-electron chi connectivity index (χ0n) is 12.7. The molecule has 1 aliphatic carbocycles. The Bertz CT molecular complexity index is 742. The van der Waals surface area contributed by atoms with Crippen LogP contribution in [0, 0.1) is 0 Å². The summed E-state index contributed by atoms with van der Waals surface area (Å²) in [5.74, 6) is 2.17. The highest BCUT2D eigenvalue weighted by Gasteiger charge is 2.33. The van der Waals surface area contributed by atoms with Gasteiger partial charge in [-0.25, -0.2) is 0 Å². The highest BCUT2D eigenvalue weighted by molar-refractivity contribution is 7.99. The highest BCUT2D eigenvalue weighted by Crippen LogP contribution is 2.37. The van der Waals surface area contributed by atoms with Crippen molar-refractivity contribution < 1.29 is 9.59 Å². The molecule has 2 aromatic carbocycles. The van der Waals surface area contributed by atoms with Crippen molar-refractivity contribution in [1.29, 1.82) is 0 Å². The van der Waals surface area contributed by atoms with Gasteiger partial charge in [-0.15, -0.1) is 46.7 Å². The average molecular weight is 397 g/mol. The van der Waals surface area contributed by atoms with Crippen LogP contribution in [-0.4, -0.2) is 34.8 Å². The van der Waals surface area contributed by atoms with Gasteiger partial charge in [0, 0.05) is 55.3 Å². The van der Waals surface area contributed by atoms with Crippen LogP contribution in [-0.2, 0) is 0 Å². The van der Waals surface area contributed by atoms with E-state index in [0.717, 1.165) is 9.79 Å². The zero-order valence-corrected chi connectivity index (χ0v) is 15.8. The number of rotatable bonds is 6. The third-order valence-corrected chi connectivity index (χ3v) is 6.61. The predicted molar refractivity (Wildman–Crippen MR) is 103 cm³/mol. The van der Waals surface area contributed by atoms with Gasteiger partial charge in [0.15, 0.2) is 11.6 Å². The molecule has 0 saturated heterocycles. The summed E-state index contributed by atoms with van der Waals surface area (Å²) in [6.07, 6.45) is 0. The van der Waals surface area contributed by atoms with E-state index < -0.39 is 0 Å². The third-order valence-electron chi connectivity index (χ3n) is 3.67. The second kappa shape index (κ2) is 7.96. The van der Waals surface area contributed by atoms with Gasteiger partial charge in [-0.3, -0.25) is 9.59 Å². The zero-order chi connectivity index (χ0) is 17.1. The maximum atomic E-state index is 13.2. The number of benzene rings is 2. The van der Waals surface area contributed by atoms with Crippen molar-refractivity contribution in [2.45, 2.75) is 9.79 Å². The molecule has 2 aromatic rings. The first-order valence-corrected chi connectivity index (χ1v) is 10.5. The predicted octanol–water partition coefficient (Wildman–Crippen LogP) is 5.12. The van der Waals surface area contributed by atoms with Gasteiger partial charge in [0.25, 0.3) is 0 Å². The normalized spacial score (nSPS) is 12.9. The topological polar surface area (TPSA) is 34.1 Å². The van der Waals surface area contributed by atoms with Crippen LogP contribution in [0.25, 0.3) is 0 Å². The third kappa shape index (κ3) is 3.25. The Hall–Kier alpha value is -0.940. The second-order valence-electron chi connectivity index (χ2n) is 5.09.